The van der Waals surface area contributed by atoms with Crippen molar-refractivity contribution in [2.75, 3.05) is 0 Å². The van der Waals surface area contributed by atoms with Gasteiger partial charge in [0.15, 0.2) is 0 Å². The smallest absolute Gasteiger partial charge is 0.398 e. The van der Waals surface area contributed by atoms with Gasteiger partial charge in [0.05, 0.1) is 16.8 Å². The first-order valence-corrected chi connectivity index (χ1v) is 6.58. The van der Waals surface area contributed by atoms with Crippen molar-refractivity contribution in [2.45, 2.75) is 38.9 Å². The summed E-state index contributed by atoms with van der Waals surface area (Å²) in [5, 5.41) is 4.12. The molecule has 3 rings (SSSR count). The van der Waals surface area contributed by atoms with Gasteiger partial charge in [0.1, 0.15) is 0 Å². The van der Waals surface area contributed by atoms with E-state index < -0.39 is 7.12 Å². The molecule has 0 aromatic carbocycles. The summed E-state index contributed by atoms with van der Waals surface area (Å²) in [7, 11) is -0.489. The lowest BCUT2D eigenvalue weighted by Gasteiger charge is -2.32. The van der Waals surface area contributed by atoms with Crippen LogP contribution in [0.4, 0.5) is 0 Å². The van der Waals surface area contributed by atoms with E-state index >= 15 is 0 Å². The Hall–Kier alpha value is -1.73. The molecular formula is C13H17BN4O2. The first-order valence-electron chi connectivity index (χ1n) is 6.58. The Labute approximate surface area is 118 Å². The SMILES string of the molecule is CC1(C)OB(c2ccnc(-n3cccn3)n2)OC1(C)C. The van der Waals surface area contributed by atoms with Crippen LogP contribution in [0.3, 0.4) is 0 Å². The maximum atomic E-state index is 5.98. The Balaban J connectivity index is 1.91. The molecule has 104 valence electrons. The van der Waals surface area contributed by atoms with Crippen LogP contribution >= 0.6 is 0 Å². The minimum Gasteiger partial charge on any atom is -0.398 e. The summed E-state index contributed by atoms with van der Waals surface area (Å²) >= 11 is 0. The summed E-state index contributed by atoms with van der Waals surface area (Å²) < 4.78 is 13.6. The molecule has 2 aromatic heterocycles. The van der Waals surface area contributed by atoms with Crippen LogP contribution in [0.5, 0.6) is 0 Å². The molecule has 1 aliphatic heterocycles. The zero-order valence-electron chi connectivity index (χ0n) is 12.1. The number of hydrogen-bond acceptors (Lipinski definition) is 5. The quantitative estimate of drug-likeness (QED) is 0.762. The van der Waals surface area contributed by atoms with E-state index in [2.05, 4.69) is 15.1 Å². The summed E-state index contributed by atoms with van der Waals surface area (Å²) in [5.41, 5.74) is -0.0627. The Bertz CT molecular complexity index is 597. The fourth-order valence-corrected chi connectivity index (χ4v) is 1.95. The van der Waals surface area contributed by atoms with E-state index in [0.29, 0.717) is 11.5 Å². The minimum absolute atomic E-state index is 0.380. The molecule has 0 bridgehead atoms. The number of aromatic nitrogens is 4. The van der Waals surface area contributed by atoms with E-state index in [4.69, 9.17) is 9.31 Å². The summed E-state index contributed by atoms with van der Waals surface area (Å²) in [6.45, 7) is 8.07. The highest BCUT2D eigenvalue weighted by Crippen LogP contribution is 2.36. The van der Waals surface area contributed by atoms with Gasteiger partial charge in [-0.1, -0.05) is 0 Å². The Morgan fingerprint density at radius 3 is 2.40 bits per heavy atom. The molecular weight excluding hydrogens is 255 g/mol. The van der Waals surface area contributed by atoms with Crippen molar-refractivity contribution >= 4 is 12.7 Å². The van der Waals surface area contributed by atoms with Crippen molar-refractivity contribution in [3.8, 4) is 5.95 Å². The van der Waals surface area contributed by atoms with Gasteiger partial charge in [-0.25, -0.2) is 14.6 Å². The van der Waals surface area contributed by atoms with Crippen LogP contribution in [0.1, 0.15) is 27.7 Å². The van der Waals surface area contributed by atoms with Crippen LogP contribution < -0.4 is 5.59 Å². The van der Waals surface area contributed by atoms with Gasteiger partial charge in [-0.2, -0.15) is 5.10 Å². The minimum atomic E-state index is -0.489. The third-order valence-corrected chi connectivity index (χ3v) is 3.87. The van der Waals surface area contributed by atoms with Crippen molar-refractivity contribution < 1.29 is 9.31 Å². The zero-order valence-corrected chi connectivity index (χ0v) is 12.1. The van der Waals surface area contributed by atoms with Crippen molar-refractivity contribution in [1.82, 2.24) is 19.7 Å². The maximum absolute atomic E-state index is 5.98. The van der Waals surface area contributed by atoms with Gasteiger partial charge in [0, 0.05) is 18.6 Å². The zero-order chi connectivity index (χ0) is 14.4. The normalized spacial score (nSPS) is 20.3. The highest BCUT2D eigenvalue weighted by molar-refractivity contribution is 6.61. The van der Waals surface area contributed by atoms with Crippen LogP contribution in [0.2, 0.25) is 0 Å². The van der Waals surface area contributed by atoms with E-state index in [1.54, 1.807) is 29.3 Å². The third kappa shape index (κ3) is 2.12. The lowest BCUT2D eigenvalue weighted by atomic mass is 9.85. The molecule has 0 atom stereocenters. The van der Waals surface area contributed by atoms with Gasteiger partial charge in [0.25, 0.3) is 0 Å². The number of nitrogens with zero attached hydrogens (tertiary/aromatic N) is 4. The van der Waals surface area contributed by atoms with Crippen molar-refractivity contribution in [2.24, 2.45) is 0 Å². The summed E-state index contributed by atoms with van der Waals surface area (Å²) in [6.07, 6.45) is 5.17. The van der Waals surface area contributed by atoms with Gasteiger partial charge in [-0.3, -0.25) is 0 Å². The Morgan fingerprint density at radius 1 is 1.10 bits per heavy atom. The van der Waals surface area contributed by atoms with Gasteiger partial charge in [-0.05, 0) is 39.8 Å². The summed E-state index contributed by atoms with van der Waals surface area (Å²) in [5.74, 6) is 0.502. The highest BCUT2D eigenvalue weighted by Gasteiger charge is 2.52. The van der Waals surface area contributed by atoms with Crippen LogP contribution in [0.25, 0.3) is 5.95 Å². The molecule has 0 N–H and O–H groups in total. The lowest BCUT2D eigenvalue weighted by Crippen LogP contribution is -2.41. The second-order valence-electron chi connectivity index (χ2n) is 5.82. The predicted molar refractivity (Wildman–Crippen MR) is 74.9 cm³/mol. The van der Waals surface area contributed by atoms with E-state index in [1.807, 2.05) is 33.8 Å². The largest absolute Gasteiger partial charge is 0.514 e. The van der Waals surface area contributed by atoms with Crippen LogP contribution in [0.15, 0.2) is 30.7 Å². The van der Waals surface area contributed by atoms with Crippen molar-refractivity contribution in [3.63, 3.8) is 0 Å². The van der Waals surface area contributed by atoms with Crippen molar-refractivity contribution in [3.05, 3.63) is 30.7 Å². The molecule has 3 heterocycles. The Kier molecular flexibility index (Phi) is 2.91. The molecule has 0 radical (unpaired) electrons. The molecule has 0 amide bonds. The molecule has 1 aliphatic rings. The maximum Gasteiger partial charge on any atom is 0.514 e. The average molecular weight is 272 g/mol. The molecule has 6 nitrogen and oxygen atoms in total. The van der Waals surface area contributed by atoms with Gasteiger partial charge >= 0.3 is 7.12 Å². The highest BCUT2D eigenvalue weighted by atomic mass is 16.7. The average Bonchev–Trinajstić information content (AvgIpc) is 2.97. The monoisotopic (exact) mass is 272 g/mol. The standard InChI is InChI=1S/C13H17BN4O2/c1-12(2)13(3,4)20-14(19-12)10-6-8-15-11(17-10)18-9-5-7-16-18/h5-9H,1-4H3. The number of rotatable bonds is 2. The molecule has 0 aliphatic carbocycles. The fourth-order valence-electron chi connectivity index (χ4n) is 1.95. The van der Waals surface area contributed by atoms with Gasteiger partial charge < -0.3 is 9.31 Å². The van der Waals surface area contributed by atoms with E-state index in [-0.39, 0.29) is 11.2 Å². The van der Waals surface area contributed by atoms with E-state index in [9.17, 15) is 0 Å². The molecule has 0 spiro atoms. The molecule has 7 heteroatoms. The van der Waals surface area contributed by atoms with Crippen LogP contribution in [-0.4, -0.2) is 38.1 Å². The second kappa shape index (κ2) is 4.39. The van der Waals surface area contributed by atoms with Crippen molar-refractivity contribution in [1.29, 1.82) is 0 Å². The molecule has 2 aromatic rings. The van der Waals surface area contributed by atoms with Gasteiger partial charge in [0.2, 0.25) is 5.95 Å². The third-order valence-electron chi connectivity index (χ3n) is 3.87. The molecule has 20 heavy (non-hydrogen) atoms. The first kappa shape index (κ1) is 13.3. The molecule has 0 saturated carbocycles. The van der Waals surface area contributed by atoms with E-state index in [0.717, 1.165) is 0 Å². The predicted octanol–water partition coefficient (Wildman–Crippen LogP) is 0.961. The Morgan fingerprint density at radius 2 is 1.80 bits per heavy atom. The van der Waals surface area contributed by atoms with Crippen LogP contribution in [-0.2, 0) is 9.31 Å². The van der Waals surface area contributed by atoms with E-state index in [1.165, 1.54) is 0 Å². The topological polar surface area (TPSA) is 62.1 Å². The first-order chi connectivity index (χ1) is 9.39. The molecule has 1 saturated heterocycles. The molecule has 0 unspecified atom stereocenters. The van der Waals surface area contributed by atoms with Gasteiger partial charge in [-0.15, -0.1) is 0 Å². The number of hydrogen-bond donors (Lipinski definition) is 0. The summed E-state index contributed by atoms with van der Waals surface area (Å²) in [4.78, 5) is 8.67. The van der Waals surface area contributed by atoms with Crippen LogP contribution in [0, 0.1) is 0 Å². The summed E-state index contributed by atoms with van der Waals surface area (Å²) in [6, 6.07) is 3.62. The lowest BCUT2D eigenvalue weighted by molar-refractivity contribution is 0.00578. The fraction of sp³-hybridized carbons (Fsp3) is 0.462. The molecule has 1 fully saturated rings. The second-order valence-corrected chi connectivity index (χ2v) is 5.82.